The molecule has 0 saturated heterocycles. The third-order valence-electron chi connectivity index (χ3n) is 10.6. The number of aliphatic hydroxyl groups is 1. The summed E-state index contributed by atoms with van der Waals surface area (Å²) in [5.41, 5.74) is 0.490. The van der Waals surface area contributed by atoms with Crippen LogP contribution in [-0.2, 0) is 4.79 Å². The summed E-state index contributed by atoms with van der Waals surface area (Å²) in [5, 5.41) is 10.4. The molecular weight excluding hydrogens is 344 g/mol. The average molecular weight is 389 g/mol. The largest absolute Gasteiger partial charge is 0.393 e. The van der Waals surface area contributed by atoms with Gasteiger partial charge in [-0.2, -0.15) is 0 Å². The first-order chi connectivity index (χ1) is 13.2. The van der Waals surface area contributed by atoms with E-state index in [1.807, 2.05) is 0 Å². The number of Topliss-reactive ketones (excluding diaryl/α,β-unsaturated/α-hetero) is 1. The van der Waals surface area contributed by atoms with E-state index in [1.54, 1.807) is 0 Å². The van der Waals surface area contributed by atoms with E-state index in [1.165, 1.54) is 38.5 Å². The summed E-state index contributed by atoms with van der Waals surface area (Å²) in [6.07, 6.45) is 11.3. The number of hydrogen-bond acceptors (Lipinski definition) is 2. The van der Waals surface area contributed by atoms with Gasteiger partial charge in [0.05, 0.1) is 6.10 Å². The Morgan fingerprint density at radius 1 is 1.04 bits per heavy atom. The first kappa shape index (κ1) is 20.9. The molecule has 10 atom stereocenters. The molecule has 4 aliphatic carbocycles. The molecule has 0 aromatic rings. The molecule has 0 spiro atoms. The van der Waals surface area contributed by atoms with E-state index >= 15 is 0 Å². The van der Waals surface area contributed by atoms with Gasteiger partial charge in [-0.1, -0.05) is 41.0 Å². The van der Waals surface area contributed by atoms with Crippen LogP contribution in [0.1, 0.15) is 98.8 Å². The lowest BCUT2D eigenvalue weighted by molar-refractivity contribution is -0.160. The van der Waals surface area contributed by atoms with Crippen molar-refractivity contribution in [3.8, 4) is 0 Å². The molecule has 4 fully saturated rings. The minimum absolute atomic E-state index is 0.0550. The maximum atomic E-state index is 13.2. The second-order valence-corrected chi connectivity index (χ2v) is 12.0. The molecule has 4 rings (SSSR count). The van der Waals surface area contributed by atoms with Crippen LogP contribution in [0.5, 0.6) is 0 Å². The van der Waals surface area contributed by atoms with E-state index in [0.717, 1.165) is 49.4 Å². The maximum absolute atomic E-state index is 13.2. The fourth-order valence-corrected chi connectivity index (χ4v) is 9.09. The van der Waals surface area contributed by atoms with Gasteiger partial charge in [-0.3, -0.25) is 4.79 Å². The molecule has 2 nitrogen and oxygen atoms in total. The summed E-state index contributed by atoms with van der Waals surface area (Å²) in [6, 6.07) is 0. The van der Waals surface area contributed by atoms with Crippen molar-refractivity contribution in [3.05, 3.63) is 0 Å². The molecule has 0 unspecified atom stereocenters. The summed E-state index contributed by atoms with van der Waals surface area (Å²) < 4.78 is 0. The lowest BCUT2D eigenvalue weighted by Gasteiger charge is -2.60. The van der Waals surface area contributed by atoms with Crippen molar-refractivity contribution in [2.75, 3.05) is 0 Å². The normalized spacial score (nSPS) is 50.4. The van der Waals surface area contributed by atoms with E-state index in [9.17, 15) is 9.90 Å². The summed E-state index contributed by atoms with van der Waals surface area (Å²) in [6.45, 7) is 12.2. The SMILES string of the molecule is CC[C@@H](C)C[C@@H](C)[C@H]1CC[C@H]2[C@@H]3CC(=O)[C@H]4CC[C@H](O)C[C@]4(C)[C@H]3CC[C@]12C. The topological polar surface area (TPSA) is 37.3 Å². The third kappa shape index (κ3) is 3.12. The molecule has 1 N–H and O–H groups in total. The van der Waals surface area contributed by atoms with Crippen molar-refractivity contribution in [2.45, 2.75) is 105 Å². The first-order valence-electron chi connectivity index (χ1n) is 12.4. The Balaban J connectivity index is 1.57. The minimum atomic E-state index is -0.187. The predicted octanol–water partition coefficient (Wildman–Crippen LogP) is 6.26. The van der Waals surface area contributed by atoms with Crippen molar-refractivity contribution in [1.82, 2.24) is 0 Å². The van der Waals surface area contributed by atoms with Crippen molar-refractivity contribution in [1.29, 1.82) is 0 Å². The standard InChI is InChI=1S/C26H44O2/c1-6-16(2)13-17(3)20-9-10-21-19-14-24(28)23-8-7-18(27)15-26(23,5)22(19)11-12-25(20,21)4/h16-23,27H,6-15H2,1-5H3/t16-,17-,18+,19+,20-,21+,22+,23-,25-,26-/m1/s1. The molecule has 0 aliphatic heterocycles. The first-order valence-corrected chi connectivity index (χ1v) is 12.4. The van der Waals surface area contributed by atoms with Gasteiger partial charge in [-0.05, 0) is 97.7 Å². The van der Waals surface area contributed by atoms with Gasteiger partial charge in [0.2, 0.25) is 0 Å². The number of carbonyl (C=O) groups excluding carboxylic acids is 1. The lowest BCUT2D eigenvalue weighted by atomic mass is 9.44. The summed E-state index contributed by atoms with van der Waals surface area (Å²) in [7, 11) is 0. The third-order valence-corrected chi connectivity index (χ3v) is 10.6. The monoisotopic (exact) mass is 388 g/mol. The Labute approximate surface area is 173 Å². The van der Waals surface area contributed by atoms with Crippen LogP contribution < -0.4 is 0 Å². The Kier molecular flexibility index (Phi) is 5.52. The zero-order valence-corrected chi connectivity index (χ0v) is 19.0. The van der Waals surface area contributed by atoms with E-state index in [0.29, 0.717) is 23.0 Å². The fourth-order valence-electron chi connectivity index (χ4n) is 9.09. The lowest BCUT2D eigenvalue weighted by Crippen LogP contribution is -2.57. The fraction of sp³-hybridized carbons (Fsp3) is 0.962. The van der Waals surface area contributed by atoms with Crippen LogP contribution in [-0.4, -0.2) is 17.0 Å². The summed E-state index contributed by atoms with van der Waals surface area (Å²) >= 11 is 0. The number of hydrogen-bond donors (Lipinski definition) is 1. The molecular formula is C26H44O2. The highest BCUT2D eigenvalue weighted by atomic mass is 16.3. The number of ketones is 1. The molecule has 0 aromatic carbocycles. The van der Waals surface area contributed by atoms with E-state index in [-0.39, 0.29) is 17.4 Å². The Bertz CT molecular complexity index is 599. The van der Waals surface area contributed by atoms with Gasteiger partial charge in [0.1, 0.15) is 5.78 Å². The molecule has 0 heterocycles. The van der Waals surface area contributed by atoms with Crippen LogP contribution in [0.15, 0.2) is 0 Å². The van der Waals surface area contributed by atoms with E-state index in [4.69, 9.17) is 0 Å². The summed E-state index contributed by atoms with van der Waals surface area (Å²) in [4.78, 5) is 13.2. The van der Waals surface area contributed by atoms with Crippen molar-refractivity contribution in [3.63, 3.8) is 0 Å². The number of aliphatic hydroxyl groups excluding tert-OH is 1. The second kappa shape index (κ2) is 7.40. The Hall–Kier alpha value is -0.370. The smallest absolute Gasteiger partial charge is 0.136 e. The van der Waals surface area contributed by atoms with Crippen molar-refractivity contribution < 1.29 is 9.90 Å². The zero-order valence-electron chi connectivity index (χ0n) is 19.0. The number of carbonyl (C=O) groups is 1. The van der Waals surface area contributed by atoms with Crippen LogP contribution >= 0.6 is 0 Å². The van der Waals surface area contributed by atoms with Crippen LogP contribution in [0.25, 0.3) is 0 Å². The van der Waals surface area contributed by atoms with Gasteiger partial charge < -0.3 is 5.11 Å². The van der Waals surface area contributed by atoms with Crippen molar-refractivity contribution in [2.24, 2.45) is 52.3 Å². The van der Waals surface area contributed by atoms with Gasteiger partial charge >= 0.3 is 0 Å². The molecule has 0 aromatic heterocycles. The highest BCUT2D eigenvalue weighted by Crippen LogP contribution is 2.67. The average Bonchev–Trinajstić information content (AvgIpc) is 2.98. The highest BCUT2D eigenvalue weighted by molar-refractivity contribution is 5.83. The van der Waals surface area contributed by atoms with Gasteiger partial charge in [-0.25, -0.2) is 0 Å². The Morgan fingerprint density at radius 3 is 2.46 bits per heavy atom. The number of rotatable bonds is 4. The second-order valence-electron chi connectivity index (χ2n) is 12.0. The Morgan fingerprint density at radius 2 is 1.75 bits per heavy atom. The molecule has 0 radical (unpaired) electrons. The van der Waals surface area contributed by atoms with Gasteiger partial charge in [0.15, 0.2) is 0 Å². The zero-order chi connectivity index (χ0) is 20.3. The minimum Gasteiger partial charge on any atom is -0.393 e. The quantitative estimate of drug-likeness (QED) is 0.617. The molecule has 4 aliphatic rings. The maximum Gasteiger partial charge on any atom is 0.136 e. The van der Waals surface area contributed by atoms with Gasteiger partial charge in [0, 0.05) is 12.3 Å². The number of fused-ring (bicyclic) bond motifs is 5. The van der Waals surface area contributed by atoms with E-state index < -0.39 is 0 Å². The van der Waals surface area contributed by atoms with Gasteiger partial charge in [0.25, 0.3) is 0 Å². The molecule has 0 bridgehead atoms. The predicted molar refractivity (Wildman–Crippen MR) is 115 cm³/mol. The molecule has 4 saturated carbocycles. The summed E-state index contributed by atoms with van der Waals surface area (Å²) in [5.74, 6) is 5.21. The molecule has 0 amide bonds. The molecule has 28 heavy (non-hydrogen) atoms. The highest BCUT2D eigenvalue weighted by Gasteiger charge is 2.62. The van der Waals surface area contributed by atoms with Crippen LogP contribution in [0.2, 0.25) is 0 Å². The van der Waals surface area contributed by atoms with Crippen LogP contribution in [0.4, 0.5) is 0 Å². The molecule has 2 heteroatoms. The van der Waals surface area contributed by atoms with Crippen molar-refractivity contribution >= 4 is 5.78 Å². The van der Waals surface area contributed by atoms with Gasteiger partial charge in [-0.15, -0.1) is 0 Å². The molecule has 160 valence electrons. The van der Waals surface area contributed by atoms with Crippen LogP contribution in [0, 0.1) is 52.3 Å². The van der Waals surface area contributed by atoms with Crippen LogP contribution in [0.3, 0.4) is 0 Å². The van der Waals surface area contributed by atoms with E-state index in [2.05, 4.69) is 34.6 Å².